The molecule has 0 spiro atoms. The fraction of sp³-hybridized carbons (Fsp3) is 0.667. The molecule has 1 saturated heterocycles. The van der Waals surface area contributed by atoms with E-state index in [9.17, 15) is 5.11 Å². The third-order valence-corrected chi connectivity index (χ3v) is 3.93. The van der Waals surface area contributed by atoms with Crippen LogP contribution in [0.25, 0.3) is 0 Å². The number of aromatic nitrogens is 1. The quantitative estimate of drug-likeness (QED) is 0.905. The topological polar surface area (TPSA) is 45.6 Å². The van der Waals surface area contributed by atoms with Gasteiger partial charge in [0.25, 0.3) is 0 Å². The average molecular weight is 264 g/mol. The first kappa shape index (κ1) is 14.3. The number of nitrogens with zero attached hydrogens (tertiary/aromatic N) is 2. The van der Waals surface area contributed by atoms with Crippen molar-refractivity contribution in [2.45, 2.75) is 38.2 Å². The number of hydrogen-bond donors (Lipinski definition) is 1. The van der Waals surface area contributed by atoms with E-state index in [4.69, 9.17) is 4.74 Å². The van der Waals surface area contributed by atoms with Crippen molar-refractivity contribution >= 4 is 0 Å². The summed E-state index contributed by atoms with van der Waals surface area (Å²) in [5.41, 5.74) is 0.120. The summed E-state index contributed by atoms with van der Waals surface area (Å²) in [5, 5.41) is 10.9. The lowest BCUT2D eigenvalue weighted by Crippen LogP contribution is -2.29. The van der Waals surface area contributed by atoms with Gasteiger partial charge in [0, 0.05) is 18.3 Å². The maximum absolute atomic E-state index is 10.9. The Morgan fingerprint density at radius 2 is 2.21 bits per heavy atom. The van der Waals surface area contributed by atoms with Gasteiger partial charge in [-0.1, -0.05) is 6.92 Å². The minimum absolute atomic E-state index is 0.709. The molecule has 1 atom stereocenters. The van der Waals surface area contributed by atoms with Crippen LogP contribution in [0, 0.1) is 0 Å². The van der Waals surface area contributed by atoms with E-state index in [1.165, 1.54) is 6.42 Å². The highest BCUT2D eigenvalue weighted by molar-refractivity contribution is 5.28. The highest BCUT2D eigenvalue weighted by Gasteiger charge is 2.32. The van der Waals surface area contributed by atoms with Gasteiger partial charge in [0.2, 0.25) is 0 Å². The molecule has 1 aromatic heterocycles. The van der Waals surface area contributed by atoms with E-state index in [1.807, 2.05) is 6.07 Å². The predicted octanol–water partition coefficient (Wildman–Crippen LogP) is 2.17. The van der Waals surface area contributed by atoms with Crippen molar-refractivity contribution in [3.8, 4) is 5.75 Å². The van der Waals surface area contributed by atoms with Gasteiger partial charge >= 0.3 is 0 Å². The second-order valence-electron chi connectivity index (χ2n) is 5.34. The number of pyridine rings is 1. The molecule has 0 aromatic carbocycles. The summed E-state index contributed by atoms with van der Waals surface area (Å²) in [6, 6.07) is 1.91. The van der Waals surface area contributed by atoms with Gasteiger partial charge in [0.1, 0.15) is 5.75 Å². The van der Waals surface area contributed by atoms with E-state index in [0.29, 0.717) is 5.75 Å². The summed E-state index contributed by atoms with van der Waals surface area (Å²) in [6.45, 7) is 5.34. The number of rotatable bonds is 4. The molecule has 19 heavy (non-hydrogen) atoms. The summed E-state index contributed by atoms with van der Waals surface area (Å²) in [4.78, 5) is 6.60. The maximum atomic E-state index is 10.9. The number of aliphatic hydroxyl groups is 1. The molecular formula is C15H24N2O2. The maximum Gasteiger partial charge on any atom is 0.137 e. The van der Waals surface area contributed by atoms with Crippen LogP contribution < -0.4 is 4.74 Å². The first-order valence-electron chi connectivity index (χ1n) is 7.12. The zero-order valence-electron chi connectivity index (χ0n) is 11.9. The van der Waals surface area contributed by atoms with E-state index in [2.05, 4.69) is 16.8 Å². The Bertz CT molecular complexity index is 411. The lowest BCUT2D eigenvalue weighted by atomic mass is 9.88. The normalized spacial score (nSPS) is 25.0. The second-order valence-corrected chi connectivity index (χ2v) is 5.34. The van der Waals surface area contributed by atoms with Gasteiger partial charge in [-0.3, -0.25) is 4.98 Å². The van der Waals surface area contributed by atoms with Gasteiger partial charge in [-0.25, -0.2) is 0 Å². The smallest absolute Gasteiger partial charge is 0.137 e. The fourth-order valence-corrected chi connectivity index (χ4v) is 2.79. The Morgan fingerprint density at radius 1 is 1.37 bits per heavy atom. The van der Waals surface area contributed by atoms with Gasteiger partial charge in [-0.2, -0.15) is 0 Å². The Hall–Kier alpha value is -1.13. The molecule has 0 bridgehead atoms. The molecule has 1 unspecified atom stereocenters. The SMILES string of the molecule is CCCN1CCCC(O)(c2cncc(OC)c2)CC1. The monoisotopic (exact) mass is 264 g/mol. The number of ether oxygens (including phenoxy) is 1. The van der Waals surface area contributed by atoms with Gasteiger partial charge in [-0.15, -0.1) is 0 Å². The van der Waals surface area contributed by atoms with Crippen molar-refractivity contribution in [1.29, 1.82) is 0 Å². The Balaban J connectivity index is 2.12. The summed E-state index contributed by atoms with van der Waals surface area (Å²) >= 11 is 0. The molecule has 2 heterocycles. The van der Waals surface area contributed by atoms with E-state index in [1.54, 1.807) is 19.5 Å². The predicted molar refractivity (Wildman–Crippen MR) is 75.3 cm³/mol. The third-order valence-electron chi connectivity index (χ3n) is 3.93. The van der Waals surface area contributed by atoms with Crippen molar-refractivity contribution in [2.75, 3.05) is 26.7 Å². The van der Waals surface area contributed by atoms with Gasteiger partial charge < -0.3 is 14.7 Å². The Labute approximate surface area is 115 Å². The lowest BCUT2D eigenvalue weighted by molar-refractivity contribution is 0.0207. The molecule has 106 valence electrons. The fourth-order valence-electron chi connectivity index (χ4n) is 2.79. The molecule has 1 aromatic rings. The van der Waals surface area contributed by atoms with Crippen LogP contribution in [-0.2, 0) is 5.60 Å². The van der Waals surface area contributed by atoms with Gasteiger partial charge in [0.05, 0.1) is 18.9 Å². The molecule has 1 fully saturated rings. The van der Waals surface area contributed by atoms with Crippen LogP contribution in [0.4, 0.5) is 0 Å². The van der Waals surface area contributed by atoms with Crippen LogP contribution in [0.1, 0.15) is 38.2 Å². The molecule has 1 aliphatic heterocycles. The summed E-state index contributed by atoms with van der Waals surface area (Å²) in [7, 11) is 1.63. The highest BCUT2D eigenvalue weighted by atomic mass is 16.5. The molecule has 0 aliphatic carbocycles. The standard InChI is InChI=1S/C15H24N2O2/c1-3-7-17-8-4-5-15(18,6-9-17)13-10-14(19-2)12-16-11-13/h10-12,18H,3-9H2,1-2H3. The summed E-state index contributed by atoms with van der Waals surface area (Å²) < 4.78 is 5.20. The van der Waals surface area contributed by atoms with Crippen LogP contribution in [0.2, 0.25) is 0 Å². The summed E-state index contributed by atoms with van der Waals surface area (Å²) in [6.07, 6.45) is 7.18. The zero-order chi connectivity index (χ0) is 13.7. The van der Waals surface area contributed by atoms with E-state index < -0.39 is 5.60 Å². The third kappa shape index (κ3) is 3.45. The van der Waals surface area contributed by atoms with Crippen molar-refractivity contribution in [1.82, 2.24) is 9.88 Å². The number of methoxy groups -OCH3 is 1. The van der Waals surface area contributed by atoms with Crippen molar-refractivity contribution in [2.24, 2.45) is 0 Å². The van der Waals surface area contributed by atoms with Crippen LogP contribution >= 0.6 is 0 Å². The van der Waals surface area contributed by atoms with Crippen molar-refractivity contribution < 1.29 is 9.84 Å². The van der Waals surface area contributed by atoms with Crippen molar-refractivity contribution in [3.05, 3.63) is 24.0 Å². The largest absolute Gasteiger partial charge is 0.495 e. The van der Waals surface area contributed by atoms with Crippen molar-refractivity contribution in [3.63, 3.8) is 0 Å². The van der Waals surface area contributed by atoms with Crippen LogP contribution in [0.15, 0.2) is 18.5 Å². The molecule has 1 N–H and O–H groups in total. The van der Waals surface area contributed by atoms with Gasteiger partial charge in [0.15, 0.2) is 0 Å². The molecule has 2 rings (SSSR count). The Morgan fingerprint density at radius 3 is 2.95 bits per heavy atom. The van der Waals surface area contributed by atoms with Crippen LogP contribution in [0.3, 0.4) is 0 Å². The lowest BCUT2D eigenvalue weighted by Gasteiger charge is -2.27. The highest BCUT2D eigenvalue weighted by Crippen LogP contribution is 2.33. The number of hydrogen-bond acceptors (Lipinski definition) is 4. The molecule has 4 heteroatoms. The molecule has 4 nitrogen and oxygen atoms in total. The minimum atomic E-state index is -0.760. The minimum Gasteiger partial charge on any atom is -0.495 e. The van der Waals surface area contributed by atoms with Gasteiger partial charge in [-0.05, 0) is 44.8 Å². The molecule has 1 aliphatic rings. The molecule has 0 amide bonds. The molecule has 0 radical (unpaired) electrons. The second kappa shape index (κ2) is 6.35. The summed E-state index contributed by atoms with van der Waals surface area (Å²) in [5.74, 6) is 0.709. The Kier molecular flexibility index (Phi) is 4.77. The van der Waals surface area contributed by atoms with E-state index >= 15 is 0 Å². The molecular weight excluding hydrogens is 240 g/mol. The van der Waals surface area contributed by atoms with E-state index in [-0.39, 0.29) is 0 Å². The number of likely N-dealkylation sites (tertiary alicyclic amines) is 1. The van der Waals surface area contributed by atoms with Crippen LogP contribution in [-0.4, -0.2) is 41.7 Å². The first-order valence-corrected chi connectivity index (χ1v) is 7.12. The molecule has 0 saturated carbocycles. The average Bonchev–Trinajstić information content (AvgIpc) is 2.63. The zero-order valence-corrected chi connectivity index (χ0v) is 11.9. The first-order chi connectivity index (χ1) is 9.18. The van der Waals surface area contributed by atoms with E-state index in [0.717, 1.165) is 44.5 Å². The van der Waals surface area contributed by atoms with Crippen LogP contribution in [0.5, 0.6) is 5.75 Å².